The molecule has 112 valence electrons. The van der Waals surface area contributed by atoms with Crippen LogP contribution in [0.25, 0.3) is 9.40 Å². The minimum absolute atomic E-state index is 0.260. The summed E-state index contributed by atoms with van der Waals surface area (Å²) < 4.78 is 5.51. The van der Waals surface area contributed by atoms with Crippen molar-refractivity contribution >= 4 is 61.2 Å². The third-order valence-electron chi connectivity index (χ3n) is 2.95. The van der Waals surface area contributed by atoms with Crippen LogP contribution < -0.4 is 5.32 Å². The van der Waals surface area contributed by atoms with Gasteiger partial charge in [-0.3, -0.25) is 4.79 Å². The van der Waals surface area contributed by atoms with Crippen molar-refractivity contribution in [2.75, 3.05) is 12.4 Å². The van der Waals surface area contributed by atoms with E-state index >= 15 is 0 Å². The Bertz CT molecular complexity index is 854. The molecular weight excluding hydrogens is 342 g/mol. The number of carbonyl (C=O) groups excluding carboxylic acids is 2. The summed E-state index contributed by atoms with van der Waals surface area (Å²) in [5.41, 5.74) is 0.704. The number of methoxy groups -OCH3 is 1. The molecule has 0 saturated heterocycles. The maximum absolute atomic E-state index is 12.3. The van der Waals surface area contributed by atoms with E-state index < -0.39 is 5.97 Å². The van der Waals surface area contributed by atoms with Crippen molar-refractivity contribution in [2.24, 2.45) is 0 Å². The number of carbonyl (C=O) groups is 2. The smallest absolute Gasteiger partial charge is 0.348 e. The van der Waals surface area contributed by atoms with Crippen LogP contribution in [0.4, 0.5) is 5.69 Å². The molecule has 0 atom stereocenters. The lowest BCUT2D eigenvalue weighted by Crippen LogP contribution is -2.10. The van der Waals surface area contributed by atoms with Gasteiger partial charge in [0.2, 0.25) is 0 Å². The Kier molecular flexibility index (Phi) is 4.15. The minimum atomic E-state index is -0.403. The standard InChI is InChI=1S/C15H10ClNO3S2/c1-20-14(19)10-7-9-11(16)12(22-15(9)21-10)13(18)17-8-5-3-2-4-6-8/h2-7H,1H3,(H,17,18). The van der Waals surface area contributed by atoms with Gasteiger partial charge in [0, 0.05) is 11.1 Å². The molecule has 0 saturated carbocycles. The summed E-state index contributed by atoms with van der Waals surface area (Å²) in [5, 5.41) is 3.86. The van der Waals surface area contributed by atoms with Gasteiger partial charge in [-0.25, -0.2) is 4.79 Å². The predicted octanol–water partition coefficient (Wildman–Crippen LogP) is 4.66. The Morgan fingerprint density at radius 2 is 1.91 bits per heavy atom. The lowest BCUT2D eigenvalue weighted by Gasteiger charge is -2.03. The van der Waals surface area contributed by atoms with Crippen LogP contribution in [0.15, 0.2) is 36.4 Å². The number of rotatable bonds is 3. The average molecular weight is 352 g/mol. The Hall–Kier alpha value is -1.89. The fraction of sp³-hybridized carbons (Fsp3) is 0.0667. The Morgan fingerprint density at radius 1 is 1.18 bits per heavy atom. The van der Waals surface area contributed by atoms with Crippen LogP contribution in [0.2, 0.25) is 5.02 Å². The first-order valence-corrected chi connectivity index (χ1v) is 8.28. The highest BCUT2D eigenvalue weighted by Crippen LogP contribution is 2.41. The number of nitrogens with one attached hydrogen (secondary N) is 1. The van der Waals surface area contributed by atoms with Gasteiger partial charge >= 0.3 is 5.97 Å². The molecule has 0 aliphatic carbocycles. The zero-order valence-electron chi connectivity index (χ0n) is 11.4. The highest BCUT2D eigenvalue weighted by atomic mass is 35.5. The first-order valence-electron chi connectivity index (χ1n) is 6.26. The fourth-order valence-corrected chi connectivity index (χ4v) is 4.68. The SMILES string of the molecule is COC(=O)c1cc2c(Cl)c(C(=O)Nc3ccccc3)sc2s1. The molecule has 0 aliphatic rings. The highest BCUT2D eigenvalue weighted by Gasteiger charge is 2.21. The van der Waals surface area contributed by atoms with E-state index in [2.05, 4.69) is 10.1 Å². The van der Waals surface area contributed by atoms with E-state index in [9.17, 15) is 9.59 Å². The number of benzene rings is 1. The summed E-state index contributed by atoms with van der Waals surface area (Å²) in [4.78, 5) is 24.7. The van der Waals surface area contributed by atoms with Gasteiger partial charge in [0.05, 0.1) is 16.1 Å². The normalized spacial score (nSPS) is 10.6. The van der Waals surface area contributed by atoms with Crippen molar-refractivity contribution in [3.05, 3.63) is 51.2 Å². The number of hydrogen-bond acceptors (Lipinski definition) is 5. The molecule has 0 aliphatic heterocycles. The maximum atomic E-state index is 12.3. The van der Waals surface area contributed by atoms with Crippen molar-refractivity contribution in [3.8, 4) is 0 Å². The van der Waals surface area contributed by atoms with Crippen molar-refractivity contribution in [1.82, 2.24) is 0 Å². The molecule has 0 spiro atoms. The number of para-hydroxylation sites is 1. The topological polar surface area (TPSA) is 55.4 Å². The summed E-state index contributed by atoms with van der Waals surface area (Å²) in [7, 11) is 1.33. The lowest BCUT2D eigenvalue weighted by atomic mass is 10.3. The van der Waals surface area contributed by atoms with Gasteiger partial charge in [-0.05, 0) is 18.2 Å². The summed E-state index contributed by atoms with van der Waals surface area (Å²) in [6, 6.07) is 10.8. The molecule has 0 bridgehead atoms. The van der Waals surface area contributed by atoms with Gasteiger partial charge in [-0.2, -0.15) is 0 Å². The molecule has 0 radical (unpaired) electrons. The highest BCUT2D eigenvalue weighted by molar-refractivity contribution is 7.40. The number of halogens is 1. The number of thiophene rings is 2. The van der Waals surface area contributed by atoms with Crippen LogP contribution in [0, 0.1) is 0 Å². The molecular formula is C15H10ClNO3S2. The number of fused-ring (bicyclic) bond motifs is 1. The van der Waals surface area contributed by atoms with Crippen molar-refractivity contribution in [2.45, 2.75) is 0 Å². The summed E-state index contributed by atoms with van der Waals surface area (Å²) in [5.74, 6) is -0.663. The van der Waals surface area contributed by atoms with E-state index in [4.69, 9.17) is 11.6 Å². The second-order valence-corrected chi connectivity index (χ2v) is 7.08. The molecule has 1 amide bonds. The number of hydrogen-bond donors (Lipinski definition) is 1. The van der Waals surface area contributed by atoms with E-state index in [1.54, 1.807) is 18.2 Å². The van der Waals surface area contributed by atoms with E-state index in [-0.39, 0.29) is 5.91 Å². The van der Waals surface area contributed by atoms with Gasteiger partial charge in [-0.1, -0.05) is 29.8 Å². The van der Waals surface area contributed by atoms with E-state index in [1.165, 1.54) is 29.8 Å². The summed E-state index contributed by atoms with van der Waals surface area (Å²) >= 11 is 8.82. The van der Waals surface area contributed by atoms with Gasteiger partial charge in [0.1, 0.15) is 9.75 Å². The third kappa shape index (κ3) is 2.72. The van der Waals surface area contributed by atoms with Gasteiger partial charge in [0.15, 0.2) is 0 Å². The first-order chi connectivity index (χ1) is 10.6. The van der Waals surface area contributed by atoms with Crippen LogP contribution in [0.5, 0.6) is 0 Å². The molecule has 22 heavy (non-hydrogen) atoms. The Balaban J connectivity index is 1.91. The minimum Gasteiger partial charge on any atom is -0.465 e. The van der Waals surface area contributed by atoms with Gasteiger partial charge < -0.3 is 10.1 Å². The molecule has 4 nitrogen and oxygen atoms in total. The van der Waals surface area contributed by atoms with Crippen LogP contribution in [0.3, 0.4) is 0 Å². The van der Waals surface area contributed by atoms with Crippen LogP contribution in [-0.4, -0.2) is 19.0 Å². The Labute approximate surface area is 139 Å². The quantitative estimate of drug-likeness (QED) is 0.698. The molecule has 0 unspecified atom stereocenters. The fourth-order valence-electron chi connectivity index (χ4n) is 1.92. The van der Waals surface area contributed by atoms with E-state index in [0.29, 0.717) is 25.9 Å². The second kappa shape index (κ2) is 6.08. The summed E-state index contributed by atoms with van der Waals surface area (Å²) in [6.07, 6.45) is 0. The molecule has 3 aromatic rings. The Morgan fingerprint density at radius 3 is 2.55 bits per heavy atom. The van der Waals surface area contributed by atoms with Crippen molar-refractivity contribution in [1.29, 1.82) is 0 Å². The van der Waals surface area contributed by atoms with Crippen LogP contribution in [0.1, 0.15) is 19.3 Å². The number of esters is 1. The predicted molar refractivity (Wildman–Crippen MR) is 90.4 cm³/mol. The average Bonchev–Trinajstić information content (AvgIpc) is 3.07. The first kappa shape index (κ1) is 15.0. The van der Waals surface area contributed by atoms with Crippen LogP contribution >= 0.6 is 34.3 Å². The maximum Gasteiger partial charge on any atom is 0.348 e. The number of ether oxygens (including phenoxy) is 1. The van der Waals surface area contributed by atoms with Gasteiger partial charge in [-0.15, -0.1) is 22.7 Å². The largest absolute Gasteiger partial charge is 0.465 e. The number of amides is 1. The van der Waals surface area contributed by atoms with Crippen molar-refractivity contribution in [3.63, 3.8) is 0 Å². The van der Waals surface area contributed by atoms with Crippen molar-refractivity contribution < 1.29 is 14.3 Å². The van der Waals surface area contributed by atoms with Crippen LogP contribution in [-0.2, 0) is 4.74 Å². The molecule has 3 rings (SSSR count). The number of anilines is 1. The molecule has 1 aromatic carbocycles. The lowest BCUT2D eigenvalue weighted by molar-refractivity contribution is 0.0606. The zero-order chi connectivity index (χ0) is 15.7. The molecule has 1 N–H and O–H groups in total. The summed E-state index contributed by atoms with van der Waals surface area (Å²) in [6.45, 7) is 0. The molecule has 0 fully saturated rings. The zero-order valence-corrected chi connectivity index (χ0v) is 13.8. The third-order valence-corrected chi connectivity index (χ3v) is 5.87. The van der Waals surface area contributed by atoms with E-state index in [0.717, 1.165) is 4.01 Å². The van der Waals surface area contributed by atoms with Gasteiger partial charge in [0.25, 0.3) is 5.91 Å². The second-order valence-electron chi connectivity index (χ2n) is 4.37. The molecule has 7 heteroatoms. The molecule has 2 heterocycles. The molecule has 2 aromatic heterocycles. The van der Waals surface area contributed by atoms with E-state index in [1.807, 2.05) is 18.2 Å². The monoisotopic (exact) mass is 351 g/mol.